The zero-order chi connectivity index (χ0) is 66.3. The normalized spacial score (nSPS) is 20.6. The first-order chi connectivity index (χ1) is 40.0. The monoisotopic (exact) mass is 997 g/mol. The van der Waals surface area contributed by atoms with Crippen molar-refractivity contribution >= 4 is 11.0 Å². The smallest absolute Gasteiger partial charge is 0.148 e. The Kier molecular flexibility index (Phi) is 5.22. The molecule has 0 fully saturated rings. The van der Waals surface area contributed by atoms with E-state index in [-0.39, 0.29) is 66.2 Å². The van der Waals surface area contributed by atoms with E-state index in [2.05, 4.69) is 11.1 Å². The number of fused-ring (bicyclic) bond motifs is 1. The van der Waals surface area contributed by atoms with E-state index in [1.807, 2.05) is 0 Å². The molecule has 0 aliphatic rings. The van der Waals surface area contributed by atoms with Gasteiger partial charge in [-0.1, -0.05) is 164 Å². The van der Waals surface area contributed by atoms with Crippen molar-refractivity contribution in [3.8, 4) is 67.5 Å². The maximum Gasteiger partial charge on any atom is 0.148 e. The van der Waals surface area contributed by atoms with Crippen LogP contribution >= 0.6 is 0 Å². The molecule has 0 spiro atoms. The Bertz CT molecular complexity index is 3990. The third kappa shape index (κ3) is 8.28. The second-order valence-corrected chi connectivity index (χ2v) is 15.1. The van der Waals surface area contributed by atoms with E-state index in [4.69, 9.17) is 43.4 Å². The fourth-order valence-corrected chi connectivity index (χ4v) is 6.81. The molecule has 0 saturated heterocycles. The molecule has 8 aromatic rings. The van der Waals surface area contributed by atoms with Crippen molar-refractivity contribution in [3.63, 3.8) is 0 Å². The van der Waals surface area contributed by atoms with Crippen LogP contribution in [0.15, 0.2) is 139 Å². The van der Waals surface area contributed by atoms with E-state index in [9.17, 15) is 6.48 Å². The SMILES string of the molecule is [2H]c1nc(-c2[c-]c(-c3cccc4c3nc(-c3cc(C(C([2H])([2H])[2H])(C([2H])([2H])[2H])C([2H])([2H])[2H])cc(C(C([2H])([2H])[2H])(C([2H])([2H])[2H])C([2H])([2H])[2H])c3O)n4-c3ccc(-c4ccccc4)cc3C([2H])([2H])[2H])cc(C(C)(C)C)c2)c([2H])c(-c2c([2H])c([2H])c([2H])c([2H])c2[2H])c1[2H].[Pt]. The van der Waals surface area contributed by atoms with Gasteiger partial charge >= 0.3 is 0 Å². The molecule has 6 aromatic carbocycles. The van der Waals surface area contributed by atoms with Crippen molar-refractivity contribution in [3.05, 3.63) is 168 Å². The maximum absolute atomic E-state index is 13.0. The Labute approximate surface area is 411 Å². The van der Waals surface area contributed by atoms with Gasteiger partial charge < -0.3 is 5.11 Å². The van der Waals surface area contributed by atoms with Gasteiger partial charge in [0.1, 0.15) is 11.6 Å². The summed E-state index contributed by atoms with van der Waals surface area (Å²) < 4.78 is 254. The minimum Gasteiger partial charge on any atom is -0.507 e. The van der Waals surface area contributed by atoms with Gasteiger partial charge in [0.15, 0.2) is 0 Å². The quantitative estimate of drug-likeness (QED) is 0.169. The molecule has 0 bridgehead atoms. The molecule has 0 unspecified atom stereocenters. The summed E-state index contributed by atoms with van der Waals surface area (Å²) >= 11 is 0. The van der Waals surface area contributed by atoms with Crippen LogP contribution in [0.1, 0.15) is 124 Å². The molecule has 306 valence electrons. The van der Waals surface area contributed by atoms with Crippen LogP contribution in [0, 0.1) is 12.9 Å². The second kappa shape index (κ2) is 16.1. The van der Waals surface area contributed by atoms with Crippen LogP contribution in [-0.2, 0) is 37.3 Å². The molecule has 60 heavy (non-hydrogen) atoms. The molecule has 2 aromatic heterocycles. The fourth-order valence-electron chi connectivity index (χ4n) is 6.81. The predicted octanol–water partition coefficient (Wildman–Crippen LogP) is 14.5. The minimum atomic E-state index is -4.32. The van der Waals surface area contributed by atoms with Crippen LogP contribution in [0.3, 0.4) is 0 Å². The predicted molar refractivity (Wildman–Crippen MR) is 247 cm³/mol. The summed E-state index contributed by atoms with van der Waals surface area (Å²) in [5.41, 5.74) is -14.9. The van der Waals surface area contributed by atoms with Crippen LogP contribution in [0.25, 0.3) is 72.7 Å². The van der Waals surface area contributed by atoms with Crippen molar-refractivity contribution in [1.82, 2.24) is 14.5 Å². The summed E-state index contributed by atoms with van der Waals surface area (Å²) in [7, 11) is 0. The van der Waals surface area contributed by atoms with Gasteiger partial charge in [0.05, 0.1) is 33.3 Å². The number of rotatable bonds is 6. The summed E-state index contributed by atoms with van der Waals surface area (Å²) in [6, 6.07) is 18.3. The van der Waals surface area contributed by atoms with Crippen molar-refractivity contribution in [2.75, 3.05) is 0 Å². The van der Waals surface area contributed by atoms with Crippen LogP contribution in [0.4, 0.5) is 0 Å². The number of aromatic hydroxyl groups is 1. The molecule has 0 saturated carbocycles. The van der Waals surface area contributed by atoms with Gasteiger partial charge in [-0.3, -0.25) is 9.55 Å². The number of phenolic OH excluding ortho intramolecular Hbond substituents is 1. The molecule has 1 N–H and O–H groups in total. The number of aromatic nitrogens is 3. The fraction of sp³-hybridized carbons (Fsp3) is 0.236. The van der Waals surface area contributed by atoms with Gasteiger partial charge in [0.2, 0.25) is 0 Å². The Morgan fingerprint density at radius 3 is 2.12 bits per heavy atom. The van der Waals surface area contributed by atoms with Crippen molar-refractivity contribution in [2.45, 2.75) is 85.0 Å². The van der Waals surface area contributed by atoms with E-state index >= 15 is 0 Å². The van der Waals surface area contributed by atoms with E-state index in [0.717, 1.165) is 4.57 Å². The molecule has 5 heteroatoms. The third-order valence-corrected chi connectivity index (χ3v) is 9.84. The number of aryl methyl sites for hydroxylation is 1. The average Bonchev–Trinajstić information content (AvgIpc) is 1.18. The molecular formula is C55H54N3OPt-. The number of benzene rings is 6. The van der Waals surface area contributed by atoms with Crippen molar-refractivity contribution in [1.29, 1.82) is 0 Å². The topological polar surface area (TPSA) is 50.9 Å². The Balaban J connectivity index is 0.0000113. The second-order valence-electron chi connectivity index (χ2n) is 15.1. The third-order valence-electron chi connectivity index (χ3n) is 9.84. The van der Waals surface area contributed by atoms with E-state index in [1.165, 1.54) is 42.5 Å². The number of nitrogens with zero attached hydrogens (tertiary/aromatic N) is 3. The molecule has 2 heterocycles. The summed E-state index contributed by atoms with van der Waals surface area (Å²) in [4.78, 5) is 9.17. The van der Waals surface area contributed by atoms with Crippen LogP contribution in [0.5, 0.6) is 5.75 Å². The molecule has 0 aliphatic carbocycles. The molecule has 0 amide bonds. The van der Waals surface area contributed by atoms with E-state index in [0.29, 0.717) is 22.8 Å². The number of para-hydroxylation sites is 1. The van der Waals surface area contributed by atoms with Gasteiger partial charge in [-0.05, 0) is 86.8 Å². The number of phenols is 1. The first-order valence-corrected chi connectivity index (χ1v) is 18.2. The molecule has 8 rings (SSSR count). The maximum atomic E-state index is 13.0. The molecule has 0 aliphatic heterocycles. The zero-order valence-electron chi connectivity index (χ0n) is 61.3. The molecular weight excluding hydrogens is 914 g/mol. The first-order valence-electron chi connectivity index (χ1n) is 32.7. The summed E-state index contributed by atoms with van der Waals surface area (Å²) in [5, 5.41) is 13.0. The Morgan fingerprint density at radius 2 is 1.40 bits per heavy atom. The van der Waals surface area contributed by atoms with Gasteiger partial charge in [0.25, 0.3) is 0 Å². The summed E-state index contributed by atoms with van der Waals surface area (Å²) in [6.45, 7) is -23.2. The van der Waals surface area contributed by atoms with E-state index in [1.54, 1.807) is 57.2 Å². The minimum absolute atomic E-state index is 0. The molecule has 0 radical (unpaired) electrons. The zero-order valence-corrected chi connectivity index (χ0v) is 34.5. The standard InChI is InChI=1S/C55H54N3O.Pt/c1-35-28-38(36-18-13-11-14-19-36)24-25-48(35)58-49-23-17-22-44(50(49)57-52(58)45-33-43(54(5,6)7)34-46(51(45)59)55(8,9)10)40-29-41(31-42(30-40)53(2,3)4)47-32-39(26-27-56-47)37-20-15-12-16-21-37;/h11-28,30-34,59H,1-10H3;/q-1;/i1D3,5D3,6D3,7D3,8D3,9D3,10D3,12D,15D,16D,20D,21D,26D,27D,32D;. The molecule has 0 atom stereocenters. The number of hydrogen-bond acceptors (Lipinski definition) is 3. The van der Waals surface area contributed by atoms with Gasteiger partial charge in [-0.25, -0.2) is 4.98 Å². The van der Waals surface area contributed by atoms with Crippen molar-refractivity contribution < 1.29 is 65.9 Å². The average molecular weight is 997 g/mol. The largest absolute Gasteiger partial charge is 0.507 e. The Hall–Kier alpha value is -5.57. The van der Waals surface area contributed by atoms with Gasteiger partial charge in [-0.2, -0.15) is 0 Å². The molecule has 4 nitrogen and oxygen atoms in total. The summed E-state index contributed by atoms with van der Waals surface area (Å²) in [6.07, 6.45) is -0.779. The van der Waals surface area contributed by atoms with Crippen molar-refractivity contribution in [2.24, 2.45) is 0 Å². The van der Waals surface area contributed by atoms with Gasteiger partial charge in [0, 0.05) is 67.3 Å². The van der Waals surface area contributed by atoms with Crippen LogP contribution < -0.4 is 0 Å². The summed E-state index contributed by atoms with van der Waals surface area (Å²) in [5.74, 6) is -2.41. The van der Waals surface area contributed by atoms with Gasteiger partial charge in [-0.15, -0.1) is 29.3 Å². The van der Waals surface area contributed by atoms with Crippen LogP contribution in [-0.4, -0.2) is 19.6 Å². The Morgan fingerprint density at radius 1 is 0.667 bits per heavy atom. The first kappa shape index (κ1) is 19.4. The number of hydrogen-bond donors (Lipinski definition) is 1. The van der Waals surface area contributed by atoms with Crippen LogP contribution in [0.2, 0.25) is 0 Å². The van der Waals surface area contributed by atoms with E-state index < -0.39 is 158 Å². The number of imidazole rings is 1. The number of pyridine rings is 1.